The van der Waals surface area contributed by atoms with E-state index in [0.29, 0.717) is 39.3 Å². The molecule has 0 spiro atoms. The van der Waals surface area contributed by atoms with Crippen LogP contribution in [0.2, 0.25) is 0 Å². The van der Waals surface area contributed by atoms with Crippen LogP contribution in [0.4, 0.5) is 5.82 Å². The largest absolute Gasteiger partial charge is 0.497 e. The number of nitrogens with one attached hydrogen (secondary N) is 1. The summed E-state index contributed by atoms with van der Waals surface area (Å²) in [4.78, 5) is 28.8. The van der Waals surface area contributed by atoms with Gasteiger partial charge in [-0.05, 0) is 60.2 Å². The lowest BCUT2D eigenvalue weighted by molar-refractivity contribution is 0.0697. The SMILES string of the molecule is COc1ccc(-c2c(OC)cccc2C(=O)Nc2ccc3cc(C(=O)O)ccc3n2)cc1. The molecule has 1 amide bonds. The lowest BCUT2D eigenvalue weighted by Crippen LogP contribution is -2.14. The molecule has 1 aromatic heterocycles. The molecule has 0 atom stereocenters. The van der Waals surface area contributed by atoms with Crippen molar-refractivity contribution in [3.05, 3.63) is 83.9 Å². The highest BCUT2D eigenvalue weighted by atomic mass is 16.5. The summed E-state index contributed by atoms with van der Waals surface area (Å²) >= 11 is 0. The smallest absolute Gasteiger partial charge is 0.335 e. The van der Waals surface area contributed by atoms with Gasteiger partial charge < -0.3 is 19.9 Å². The van der Waals surface area contributed by atoms with Crippen LogP contribution in [0.1, 0.15) is 20.7 Å². The van der Waals surface area contributed by atoms with Crippen molar-refractivity contribution < 1.29 is 24.2 Å². The molecule has 0 aliphatic carbocycles. The molecule has 4 aromatic rings. The minimum atomic E-state index is -1.01. The molecule has 160 valence electrons. The highest BCUT2D eigenvalue weighted by Crippen LogP contribution is 2.34. The number of aromatic carboxylic acids is 1. The predicted octanol–water partition coefficient (Wildman–Crippen LogP) is 4.87. The van der Waals surface area contributed by atoms with Gasteiger partial charge in [0.15, 0.2) is 0 Å². The molecule has 32 heavy (non-hydrogen) atoms. The Kier molecular flexibility index (Phi) is 5.72. The van der Waals surface area contributed by atoms with E-state index in [1.165, 1.54) is 6.07 Å². The number of carboxylic acid groups (broad SMARTS) is 1. The van der Waals surface area contributed by atoms with Gasteiger partial charge in [0.25, 0.3) is 5.91 Å². The summed E-state index contributed by atoms with van der Waals surface area (Å²) in [6, 6.07) is 20.6. The van der Waals surface area contributed by atoms with Crippen LogP contribution in [-0.4, -0.2) is 36.2 Å². The summed E-state index contributed by atoms with van der Waals surface area (Å²) in [6.07, 6.45) is 0. The Morgan fingerprint density at radius 2 is 1.69 bits per heavy atom. The molecule has 7 nitrogen and oxygen atoms in total. The van der Waals surface area contributed by atoms with Crippen molar-refractivity contribution in [2.75, 3.05) is 19.5 Å². The van der Waals surface area contributed by atoms with E-state index in [2.05, 4.69) is 10.3 Å². The van der Waals surface area contributed by atoms with E-state index < -0.39 is 5.97 Å². The second-order valence-electron chi connectivity index (χ2n) is 6.97. The van der Waals surface area contributed by atoms with Crippen LogP contribution >= 0.6 is 0 Å². The number of anilines is 1. The van der Waals surface area contributed by atoms with Gasteiger partial charge in [-0.1, -0.05) is 18.2 Å². The fourth-order valence-corrected chi connectivity index (χ4v) is 3.46. The zero-order chi connectivity index (χ0) is 22.7. The highest BCUT2D eigenvalue weighted by molar-refractivity contribution is 6.09. The van der Waals surface area contributed by atoms with Gasteiger partial charge in [-0.15, -0.1) is 0 Å². The topological polar surface area (TPSA) is 97.8 Å². The number of amides is 1. The lowest BCUT2D eigenvalue weighted by Gasteiger charge is -2.15. The Hall–Kier alpha value is -4.39. The van der Waals surface area contributed by atoms with Gasteiger partial charge in [0.1, 0.15) is 17.3 Å². The number of aromatic nitrogens is 1. The number of fused-ring (bicyclic) bond motifs is 1. The summed E-state index contributed by atoms with van der Waals surface area (Å²) in [6.45, 7) is 0. The summed E-state index contributed by atoms with van der Waals surface area (Å²) in [5.74, 6) is 0.280. The van der Waals surface area contributed by atoms with Gasteiger partial charge in [0.05, 0.1) is 30.9 Å². The molecule has 4 rings (SSSR count). The molecular formula is C25H20N2O5. The molecule has 0 bridgehead atoms. The summed E-state index contributed by atoms with van der Waals surface area (Å²) < 4.78 is 10.7. The number of carbonyl (C=O) groups excluding carboxylic acids is 1. The number of rotatable bonds is 6. The van der Waals surface area contributed by atoms with Crippen LogP contribution in [0.3, 0.4) is 0 Å². The van der Waals surface area contributed by atoms with Crippen molar-refractivity contribution in [2.24, 2.45) is 0 Å². The van der Waals surface area contributed by atoms with Crippen molar-refractivity contribution in [3.63, 3.8) is 0 Å². The Morgan fingerprint density at radius 3 is 2.38 bits per heavy atom. The average Bonchev–Trinajstić information content (AvgIpc) is 2.83. The normalized spacial score (nSPS) is 10.6. The number of pyridine rings is 1. The van der Waals surface area contributed by atoms with Crippen LogP contribution in [0.25, 0.3) is 22.0 Å². The van der Waals surface area contributed by atoms with Crippen molar-refractivity contribution in [1.29, 1.82) is 0 Å². The van der Waals surface area contributed by atoms with E-state index in [1.54, 1.807) is 56.7 Å². The number of hydrogen-bond acceptors (Lipinski definition) is 5. The summed E-state index contributed by atoms with van der Waals surface area (Å²) in [5, 5.41) is 12.6. The van der Waals surface area contributed by atoms with Crippen molar-refractivity contribution in [1.82, 2.24) is 4.98 Å². The first-order valence-corrected chi connectivity index (χ1v) is 9.77. The summed E-state index contributed by atoms with van der Waals surface area (Å²) in [7, 11) is 3.15. The van der Waals surface area contributed by atoms with Crippen molar-refractivity contribution in [3.8, 4) is 22.6 Å². The van der Waals surface area contributed by atoms with Gasteiger partial charge >= 0.3 is 5.97 Å². The van der Waals surface area contributed by atoms with E-state index in [-0.39, 0.29) is 11.5 Å². The third kappa shape index (κ3) is 4.09. The van der Waals surface area contributed by atoms with Crippen molar-refractivity contribution >= 4 is 28.6 Å². The Bertz CT molecular complexity index is 1320. The maximum absolute atomic E-state index is 13.2. The standard InChI is InChI=1S/C25H20N2O5/c1-31-18-10-6-15(7-11-18)23-19(4-3-5-21(23)32-2)24(28)27-22-13-9-16-14-17(25(29)30)8-12-20(16)26-22/h3-14H,1-2H3,(H,29,30)(H,26,27,28). The fourth-order valence-electron chi connectivity index (χ4n) is 3.46. The number of carbonyl (C=O) groups is 2. The third-order valence-electron chi connectivity index (χ3n) is 5.05. The Labute approximate surface area is 184 Å². The van der Waals surface area contributed by atoms with Gasteiger partial charge in [0, 0.05) is 10.9 Å². The monoisotopic (exact) mass is 428 g/mol. The first-order chi connectivity index (χ1) is 15.5. The molecule has 0 unspecified atom stereocenters. The molecule has 0 aliphatic heterocycles. The number of benzene rings is 3. The van der Waals surface area contributed by atoms with Crippen LogP contribution in [0, 0.1) is 0 Å². The minimum Gasteiger partial charge on any atom is -0.497 e. The lowest BCUT2D eigenvalue weighted by atomic mass is 9.97. The fraction of sp³-hybridized carbons (Fsp3) is 0.0800. The van der Waals surface area contributed by atoms with E-state index in [0.717, 1.165) is 5.56 Å². The highest BCUT2D eigenvalue weighted by Gasteiger charge is 2.18. The molecule has 0 saturated carbocycles. The number of nitrogens with zero attached hydrogens (tertiary/aromatic N) is 1. The number of carboxylic acids is 1. The zero-order valence-electron chi connectivity index (χ0n) is 17.5. The van der Waals surface area contributed by atoms with Gasteiger partial charge in [-0.2, -0.15) is 0 Å². The molecule has 0 fully saturated rings. The Morgan fingerprint density at radius 1 is 0.906 bits per heavy atom. The maximum Gasteiger partial charge on any atom is 0.335 e. The zero-order valence-corrected chi connectivity index (χ0v) is 17.5. The van der Waals surface area contributed by atoms with E-state index in [9.17, 15) is 9.59 Å². The van der Waals surface area contributed by atoms with E-state index >= 15 is 0 Å². The predicted molar refractivity (Wildman–Crippen MR) is 122 cm³/mol. The van der Waals surface area contributed by atoms with E-state index in [1.807, 2.05) is 24.3 Å². The van der Waals surface area contributed by atoms with Crippen molar-refractivity contribution in [2.45, 2.75) is 0 Å². The first kappa shape index (κ1) is 20.9. The van der Waals surface area contributed by atoms with Gasteiger partial charge in [-0.3, -0.25) is 4.79 Å². The third-order valence-corrected chi connectivity index (χ3v) is 5.05. The molecule has 3 aromatic carbocycles. The van der Waals surface area contributed by atoms with Crippen LogP contribution in [-0.2, 0) is 0 Å². The number of ether oxygens (including phenoxy) is 2. The molecular weight excluding hydrogens is 408 g/mol. The van der Waals surface area contributed by atoms with Crippen LogP contribution < -0.4 is 14.8 Å². The molecule has 0 aliphatic rings. The van der Waals surface area contributed by atoms with Gasteiger partial charge in [-0.25, -0.2) is 9.78 Å². The van der Waals surface area contributed by atoms with E-state index in [4.69, 9.17) is 14.6 Å². The summed E-state index contributed by atoms with van der Waals surface area (Å²) in [5.41, 5.74) is 2.64. The van der Waals surface area contributed by atoms with Gasteiger partial charge in [0.2, 0.25) is 0 Å². The molecule has 2 N–H and O–H groups in total. The molecule has 7 heteroatoms. The number of methoxy groups -OCH3 is 2. The maximum atomic E-state index is 13.2. The second kappa shape index (κ2) is 8.77. The second-order valence-corrected chi connectivity index (χ2v) is 6.97. The number of hydrogen-bond donors (Lipinski definition) is 2. The Balaban J connectivity index is 1.68. The van der Waals surface area contributed by atoms with Crippen LogP contribution in [0.15, 0.2) is 72.8 Å². The molecule has 0 saturated heterocycles. The quantitative estimate of drug-likeness (QED) is 0.455. The average molecular weight is 428 g/mol. The molecule has 0 radical (unpaired) electrons. The van der Waals surface area contributed by atoms with Crippen LogP contribution in [0.5, 0.6) is 11.5 Å². The molecule has 1 heterocycles. The first-order valence-electron chi connectivity index (χ1n) is 9.77. The minimum absolute atomic E-state index is 0.177.